The zero-order valence-electron chi connectivity index (χ0n) is 15.1. The van der Waals surface area contributed by atoms with Crippen LogP contribution in [0.1, 0.15) is 23.7 Å². The number of hydrogen-bond donors (Lipinski definition) is 1. The molecule has 0 aliphatic rings. The van der Waals surface area contributed by atoms with Crippen molar-refractivity contribution >= 4 is 28.7 Å². The zero-order valence-corrected chi connectivity index (χ0v) is 15.9. The summed E-state index contributed by atoms with van der Waals surface area (Å²) < 4.78 is 10.4. The minimum Gasteiger partial charge on any atom is -0.481 e. The maximum absolute atomic E-state index is 11.5. The molecule has 0 bridgehead atoms. The highest BCUT2D eigenvalue weighted by Gasteiger charge is 2.08. The first-order valence-corrected chi connectivity index (χ1v) is 9.23. The molecule has 1 N–H and O–H groups in total. The van der Waals surface area contributed by atoms with Gasteiger partial charge in [-0.25, -0.2) is 4.98 Å². The molecule has 0 saturated heterocycles. The van der Waals surface area contributed by atoms with Crippen LogP contribution in [0.3, 0.4) is 0 Å². The number of ether oxygens (including phenoxy) is 2. The molecule has 0 amide bonds. The number of carbonyl (C=O) groups is 1. The number of aromatic nitrogens is 1. The Bertz CT molecular complexity index is 852. The number of benzene rings is 1. The van der Waals surface area contributed by atoms with Gasteiger partial charge in [-0.15, -0.1) is 24.3 Å². The number of nitrogens with zero attached hydrogens (tertiary/aromatic N) is 2. The summed E-state index contributed by atoms with van der Waals surface area (Å²) in [5.74, 6) is 2.90. The summed E-state index contributed by atoms with van der Waals surface area (Å²) in [5, 5.41) is 6.59. The Morgan fingerprint density at radius 1 is 1.52 bits per heavy atom. The average Bonchev–Trinajstić information content (AvgIpc) is 3.08. The third-order valence-corrected chi connectivity index (χ3v) is 4.11. The van der Waals surface area contributed by atoms with Gasteiger partial charge in [0.25, 0.3) is 0 Å². The van der Waals surface area contributed by atoms with Crippen molar-refractivity contribution in [2.24, 2.45) is 5.10 Å². The molecule has 2 rings (SSSR count). The summed E-state index contributed by atoms with van der Waals surface area (Å²) in [6, 6.07) is 5.71. The van der Waals surface area contributed by atoms with Crippen molar-refractivity contribution < 1.29 is 14.3 Å². The van der Waals surface area contributed by atoms with Crippen LogP contribution in [0.2, 0.25) is 0 Å². The molecule has 0 saturated carbocycles. The van der Waals surface area contributed by atoms with Crippen LogP contribution in [0.15, 0.2) is 41.3 Å². The Labute approximate surface area is 162 Å². The molecule has 6 nitrogen and oxygen atoms in total. The van der Waals surface area contributed by atoms with Crippen molar-refractivity contribution in [2.45, 2.75) is 19.8 Å². The fourth-order valence-corrected chi connectivity index (χ4v) is 2.88. The number of terminal acetylenes is 1. The summed E-state index contributed by atoms with van der Waals surface area (Å²) in [4.78, 5) is 15.8. The van der Waals surface area contributed by atoms with E-state index < -0.39 is 0 Å². The van der Waals surface area contributed by atoms with E-state index in [-0.39, 0.29) is 19.0 Å². The fourth-order valence-electron chi connectivity index (χ4n) is 2.22. The molecule has 0 radical (unpaired) electrons. The van der Waals surface area contributed by atoms with Gasteiger partial charge in [-0.1, -0.05) is 12.0 Å². The van der Waals surface area contributed by atoms with E-state index in [1.54, 1.807) is 24.6 Å². The number of carbonyl (C=O) groups excluding carboxylic acids is 1. The van der Waals surface area contributed by atoms with Gasteiger partial charge in [0.05, 0.1) is 24.9 Å². The normalized spacial score (nSPS) is 10.4. The smallest absolute Gasteiger partial charge is 0.311 e. The lowest BCUT2D eigenvalue weighted by Crippen LogP contribution is -2.07. The minimum absolute atomic E-state index is 0.153. The maximum Gasteiger partial charge on any atom is 0.311 e. The van der Waals surface area contributed by atoms with Gasteiger partial charge >= 0.3 is 5.97 Å². The molecule has 2 aromatic rings. The number of anilines is 1. The van der Waals surface area contributed by atoms with Crippen molar-refractivity contribution in [1.29, 1.82) is 0 Å². The summed E-state index contributed by atoms with van der Waals surface area (Å²) in [7, 11) is 0. The van der Waals surface area contributed by atoms with E-state index in [4.69, 9.17) is 15.9 Å². The molecule has 27 heavy (non-hydrogen) atoms. The van der Waals surface area contributed by atoms with E-state index in [1.807, 2.05) is 18.2 Å². The van der Waals surface area contributed by atoms with Crippen LogP contribution in [0, 0.1) is 12.3 Å². The second kappa shape index (κ2) is 10.8. The predicted octanol–water partition coefficient (Wildman–Crippen LogP) is 3.44. The molecular formula is C20H21N3O3S. The van der Waals surface area contributed by atoms with E-state index in [0.29, 0.717) is 23.9 Å². The van der Waals surface area contributed by atoms with Crippen LogP contribution in [0.25, 0.3) is 0 Å². The summed E-state index contributed by atoms with van der Waals surface area (Å²) in [6.45, 7) is 6.11. The lowest BCUT2D eigenvalue weighted by molar-refractivity contribution is -0.142. The summed E-state index contributed by atoms with van der Waals surface area (Å²) in [5.41, 5.74) is 5.40. The van der Waals surface area contributed by atoms with Crippen LogP contribution >= 0.6 is 11.3 Å². The Balaban J connectivity index is 1.98. The topological polar surface area (TPSA) is 72.8 Å². The highest BCUT2D eigenvalue weighted by molar-refractivity contribution is 7.13. The third-order valence-electron chi connectivity index (χ3n) is 3.32. The number of hydrazone groups is 1. The van der Waals surface area contributed by atoms with Crippen molar-refractivity contribution in [3.63, 3.8) is 0 Å². The molecule has 0 aliphatic carbocycles. The van der Waals surface area contributed by atoms with Gasteiger partial charge in [0.15, 0.2) is 0 Å². The lowest BCUT2D eigenvalue weighted by atomic mass is 10.1. The van der Waals surface area contributed by atoms with Crippen LogP contribution in [0.4, 0.5) is 5.13 Å². The molecule has 140 valence electrons. The Kier molecular flexibility index (Phi) is 8.07. The molecule has 1 aromatic carbocycles. The standard InChI is InChI=1S/C20H21N3O3S/c1-4-7-16-11-15(8-9-18(16)26-10-5-2)13-21-23-20-22-17(14-27-20)12-19(24)25-6-3/h2,4,8-9,11,13-14H,1,6-7,10,12H2,3H3,(H,22,23). The lowest BCUT2D eigenvalue weighted by Gasteiger charge is -2.09. The summed E-state index contributed by atoms with van der Waals surface area (Å²) in [6.07, 6.45) is 9.55. The first-order chi connectivity index (χ1) is 13.2. The van der Waals surface area contributed by atoms with E-state index in [9.17, 15) is 4.79 Å². The van der Waals surface area contributed by atoms with E-state index in [1.165, 1.54) is 11.3 Å². The van der Waals surface area contributed by atoms with E-state index in [2.05, 4.69) is 28.0 Å². The van der Waals surface area contributed by atoms with Gasteiger partial charge in [0, 0.05) is 5.38 Å². The molecule has 0 aliphatic heterocycles. The van der Waals surface area contributed by atoms with Crippen molar-refractivity contribution in [3.8, 4) is 18.1 Å². The second-order valence-corrected chi connectivity index (χ2v) is 6.21. The van der Waals surface area contributed by atoms with Gasteiger partial charge in [-0.05, 0) is 42.7 Å². The first kappa shape index (κ1) is 20.2. The Morgan fingerprint density at radius 2 is 2.37 bits per heavy atom. The number of thiazole rings is 1. The second-order valence-electron chi connectivity index (χ2n) is 5.35. The quantitative estimate of drug-likeness (QED) is 0.224. The van der Waals surface area contributed by atoms with Crippen molar-refractivity contribution in [1.82, 2.24) is 4.98 Å². The SMILES string of the molecule is C#CCOc1ccc(C=NNc2nc(CC(=O)OCC)cs2)cc1CC=C. The molecular weight excluding hydrogens is 362 g/mol. The monoisotopic (exact) mass is 383 g/mol. The predicted molar refractivity (Wildman–Crippen MR) is 108 cm³/mol. The van der Waals surface area contributed by atoms with Crippen LogP contribution in [-0.4, -0.2) is 30.4 Å². The van der Waals surface area contributed by atoms with Gasteiger partial charge in [0.2, 0.25) is 5.13 Å². The number of rotatable bonds is 10. The fraction of sp³-hybridized carbons (Fsp3) is 0.250. The van der Waals surface area contributed by atoms with Gasteiger partial charge in [-0.3, -0.25) is 10.2 Å². The molecule has 0 spiro atoms. The molecule has 1 aromatic heterocycles. The molecule has 0 fully saturated rings. The zero-order chi connectivity index (χ0) is 19.5. The molecule has 0 unspecified atom stereocenters. The largest absolute Gasteiger partial charge is 0.481 e. The Hall–Kier alpha value is -3.11. The molecule has 1 heterocycles. The number of nitrogens with one attached hydrogen (secondary N) is 1. The minimum atomic E-state index is -0.292. The van der Waals surface area contributed by atoms with Crippen molar-refractivity contribution in [2.75, 3.05) is 18.6 Å². The summed E-state index contributed by atoms with van der Waals surface area (Å²) >= 11 is 1.37. The third kappa shape index (κ3) is 6.60. The van der Waals surface area contributed by atoms with E-state index >= 15 is 0 Å². The maximum atomic E-state index is 11.5. The molecule has 0 atom stereocenters. The van der Waals surface area contributed by atoms with Crippen LogP contribution in [0.5, 0.6) is 5.75 Å². The number of esters is 1. The first-order valence-electron chi connectivity index (χ1n) is 8.35. The Morgan fingerprint density at radius 3 is 3.11 bits per heavy atom. The van der Waals surface area contributed by atoms with Gasteiger partial charge in [-0.2, -0.15) is 5.10 Å². The molecule has 7 heteroatoms. The highest BCUT2D eigenvalue weighted by Crippen LogP contribution is 2.21. The van der Waals surface area contributed by atoms with E-state index in [0.717, 1.165) is 16.9 Å². The van der Waals surface area contributed by atoms with Crippen LogP contribution < -0.4 is 10.2 Å². The van der Waals surface area contributed by atoms with Gasteiger partial charge in [0.1, 0.15) is 12.4 Å². The average molecular weight is 383 g/mol. The van der Waals surface area contributed by atoms with Crippen molar-refractivity contribution in [3.05, 3.63) is 53.1 Å². The highest BCUT2D eigenvalue weighted by atomic mass is 32.1. The van der Waals surface area contributed by atoms with Crippen LogP contribution in [-0.2, 0) is 22.4 Å². The number of hydrogen-bond acceptors (Lipinski definition) is 7. The van der Waals surface area contributed by atoms with Gasteiger partial charge < -0.3 is 9.47 Å². The number of allylic oxidation sites excluding steroid dienone is 1.